The van der Waals surface area contributed by atoms with Crippen LogP contribution < -0.4 is 25.4 Å². The van der Waals surface area contributed by atoms with Crippen LogP contribution in [0.1, 0.15) is 29.9 Å². The zero-order chi connectivity index (χ0) is 24.7. The molecule has 182 valence electrons. The predicted molar refractivity (Wildman–Crippen MR) is 108 cm³/mol. The topological polar surface area (TPSA) is 88.7 Å². The second kappa shape index (κ2) is 8.65. The Labute approximate surface area is 190 Å². The summed E-state index contributed by atoms with van der Waals surface area (Å²) in [4.78, 5) is 25.0. The molecule has 1 saturated carbocycles. The third-order valence-corrected chi connectivity index (χ3v) is 5.85. The van der Waals surface area contributed by atoms with Crippen LogP contribution >= 0.6 is 0 Å². The summed E-state index contributed by atoms with van der Waals surface area (Å²) in [6.07, 6.45) is -3.98. The van der Waals surface area contributed by atoms with Crippen LogP contribution in [0.2, 0.25) is 0 Å². The Kier molecular flexibility index (Phi) is 6.00. The monoisotopic (exact) mass is 485 g/mol. The van der Waals surface area contributed by atoms with Gasteiger partial charge in [0.25, 0.3) is 0 Å². The first-order chi connectivity index (χ1) is 16.0. The highest BCUT2D eigenvalue weighted by atomic mass is 19.4. The molecule has 12 heteroatoms. The summed E-state index contributed by atoms with van der Waals surface area (Å²) in [5.74, 6) is -3.97. The molecule has 1 aliphatic heterocycles. The van der Waals surface area contributed by atoms with Crippen molar-refractivity contribution in [3.8, 4) is 11.5 Å². The molecule has 3 N–H and O–H groups in total. The summed E-state index contributed by atoms with van der Waals surface area (Å²) in [7, 11) is 1.25. The van der Waals surface area contributed by atoms with E-state index in [4.69, 9.17) is 4.74 Å². The average molecular weight is 485 g/mol. The van der Waals surface area contributed by atoms with Gasteiger partial charge in [0.2, 0.25) is 5.91 Å². The largest absolute Gasteiger partial charge is 0.573 e. The molecule has 2 atom stereocenters. The number of urea groups is 1. The summed E-state index contributed by atoms with van der Waals surface area (Å²) >= 11 is 0. The van der Waals surface area contributed by atoms with Crippen LogP contribution in [-0.4, -0.2) is 38.0 Å². The van der Waals surface area contributed by atoms with E-state index in [0.29, 0.717) is 18.4 Å². The number of carbonyl (C=O) groups is 2. The smallest absolute Gasteiger partial charge is 0.497 e. The van der Waals surface area contributed by atoms with Gasteiger partial charge in [-0.3, -0.25) is 4.79 Å². The summed E-state index contributed by atoms with van der Waals surface area (Å²) < 4.78 is 75.5. The lowest BCUT2D eigenvalue weighted by Gasteiger charge is -2.23. The number of hydrogen-bond acceptors (Lipinski definition) is 4. The number of rotatable bonds is 6. The molecule has 0 spiro atoms. The number of amides is 3. The van der Waals surface area contributed by atoms with E-state index >= 15 is 0 Å². The molecule has 4 rings (SSSR count). The van der Waals surface area contributed by atoms with Gasteiger partial charge in [0.1, 0.15) is 29.2 Å². The first-order valence-corrected chi connectivity index (χ1v) is 10.3. The van der Waals surface area contributed by atoms with Crippen LogP contribution in [0.15, 0.2) is 36.4 Å². The van der Waals surface area contributed by atoms with Gasteiger partial charge in [0.15, 0.2) is 0 Å². The van der Waals surface area contributed by atoms with E-state index < -0.39 is 53.2 Å². The van der Waals surface area contributed by atoms with Gasteiger partial charge < -0.3 is 25.4 Å². The molecule has 0 radical (unpaired) electrons. The quantitative estimate of drug-likeness (QED) is 0.547. The van der Waals surface area contributed by atoms with E-state index in [1.165, 1.54) is 19.2 Å². The highest BCUT2D eigenvalue weighted by molar-refractivity contribution is 5.90. The number of benzene rings is 2. The Balaban J connectivity index is 1.49. The fraction of sp³-hybridized carbons (Fsp3) is 0.364. The minimum absolute atomic E-state index is 0.0364. The average Bonchev–Trinajstić information content (AvgIpc) is 3.45. The van der Waals surface area contributed by atoms with E-state index in [2.05, 4.69) is 20.7 Å². The van der Waals surface area contributed by atoms with Gasteiger partial charge in [0, 0.05) is 30.2 Å². The Hall–Kier alpha value is -3.57. The van der Waals surface area contributed by atoms with Gasteiger partial charge in [-0.05, 0) is 30.5 Å². The molecule has 3 amide bonds. The second-order valence-electron chi connectivity index (χ2n) is 8.09. The minimum atomic E-state index is -4.86. The molecule has 0 unspecified atom stereocenters. The zero-order valence-corrected chi connectivity index (χ0v) is 17.8. The van der Waals surface area contributed by atoms with Crippen molar-refractivity contribution in [1.29, 1.82) is 0 Å². The molecule has 1 aliphatic carbocycles. The van der Waals surface area contributed by atoms with E-state index in [1.54, 1.807) is 6.07 Å². The minimum Gasteiger partial charge on any atom is -0.497 e. The third-order valence-electron chi connectivity index (χ3n) is 5.85. The van der Waals surface area contributed by atoms with Crippen LogP contribution in [0.4, 0.5) is 26.7 Å². The Morgan fingerprint density at radius 1 is 1.12 bits per heavy atom. The molecule has 2 aliphatic rings. The number of halogens is 5. The summed E-state index contributed by atoms with van der Waals surface area (Å²) in [6, 6.07) is 5.11. The van der Waals surface area contributed by atoms with Crippen molar-refractivity contribution >= 4 is 11.9 Å². The normalized spacial score (nSPS) is 20.9. The van der Waals surface area contributed by atoms with Crippen molar-refractivity contribution in [2.75, 3.05) is 13.7 Å². The molecule has 0 aromatic heterocycles. The lowest BCUT2D eigenvalue weighted by Crippen LogP contribution is -2.50. The standard InChI is InChI=1S/C22H20F5N3O4/c1-33-13-8-15(23)17(16(24)9-13)14-10-28-19(31)18(14)29-20(32)30-21(5-6-21)11-3-2-4-12(7-11)34-22(25,26)27/h2-4,7-9,14,18H,5-6,10H2,1H3,(H,28,31)(H2,29,30,32)/t14-,18-/m0/s1. The first kappa shape index (κ1) is 23.6. The van der Waals surface area contributed by atoms with Crippen molar-refractivity contribution in [2.24, 2.45) is 0 Å². The maximum absolute atomic E-state index is 14.6. The lowest BCUT2D eigenvalue weighted by molar-refractivity contribution is -0.274. The number of ether oxygens (including phenoxy) is 2. The Bertz CT molecular complexity index is 1100. The summed E-state index contributed by atoms with van der Waals surface area (Å²) in [5.41, 5.74) is -0.928. The molecule has 34 heavy (non-hydrogen) atoms. The zero-order valence-electron chi connectivity index (χ0n) is 17.8. The van der Waals surface area contributed by atoms with Crippen molar-refractivity contribution < 1.29 is 41.0 Å². The fourth-order valence-corrected chi connectivity index (χ4v) is 4.09. The second-order valence-corrected chi connectivity index (χ2v) is 8.09. The van der Waals surface area contributed by atoms with Gasteiger partial charge in [0.05, 0.1) is 12.6 Å². The summed E-state index contributed by atoms with van der Waals surface area (Å²) in [5, 5.41) is 7.58. The maximum atomic E-state index is 14.6. The molecule has 0 bridgehead atoms. The van der Waals surface area contributed by atoms with Gasteiger partial charge in [-0.15, -0.1) is 13.2 Å². The van der Waals surface area contributed by atoms with Gasteiger partial charge in [-0.25, -0.2) is 13.6 Å². The molecule has 2 fully saturated rings. The van der Waals surface area contributed by atoms with Gasteiger partial charge in [-0.2, -0.15) is 0 Å². The Morgan fingerprint density at radius 3 is 2.38 bits per heavy atom. The number of nitrogens with one attached hydrogen (secondary N) is 3. The van der Waals surface area contributed by atoms with E-state index in [-0.39, 0.29) is 17.9 Å². The summed E-state index contributed by atoms with van der Waals surface area (Å²) in [6.45, 7) is -0.105. The van der Waals surface area contributed by atoms with Crippen LogP contribution in [0.5, 0.6) is 11.5 Å². The van der Waals surface area contributed by atoms with Crippen LogP contribution in [0, 0.1) is 11.6 Å². The molecule has 1 heterocycles. The Morgan fingerprint density at radius 2 is 1.79 bits per heavy atom. The number of hydrogen-bond donors (Lipinski definition) is 3. The van der Waals surface area contributed by atoms with Crippen LogP contribution in [0.3, 0.4) is 0 Å². The molecular formula is C22H20F5N3O4. The number of alkyl halides is 3. The molecule has 2 aromatic rings. The molecular weight excluding hydrogens is 465 g/mol. The lowest BCUT2D eigenvalue weighted by atomic mass is 9.92. The van der Waals surface area contributed by atoms with Crippen LogP contribution in [-0.2, 0) is 10.3 Å². The van der Waals surface area contributed by atoms with E-state index in [9.17, 15) is 31.5 Å². The highest BCUT2D eigenvalue weighted by Gasteiger charge is 2.47. The molecule has 2 aromatic carbocycles. The van der Waals surface area contributed by atoms with E-state index in [0.717, 1.165) is 18.2 Å². The number of methoxy groups -OCH3 is 1. The van der Waals surface area contributed by atoms with Crippen molar-refractivity contribution in [1.82, 2.24) is 16.0 Å². The van der Waals surface area contributed by atoms with Crippen LogP contribution in [0.25, 0.3) is 0 Å². The maximum Gasteiger partial charge on any atom is 0.573 e. The fourth-order valence-electron chi connectivity index (χ4n) is 4.09. The highest BCUT2D eigenvalue weighted by Crippen LogP contribution is 2.46. The van der Waals surface area contributed by atoms with Crippen molar-refractivity contribution in [3.05, 3.63) is 59.2 Å². The van der Waals surface area contributed by atoms with Gasteiger partial charge >= 0.3 is 12.4 Å². The van der Waals surface area contributed by atoms with Crippen molar-refractivity contribution in [2.45, 2.75) is 36.7 Å². The van der Waals surface area contributed by atoms with E-state index in [1.807, 2.05) is 0 Å². The first-order valence-electron chi connectivity index (χ1n) is 10.3. The molecule has 7 nitrogen and oxygen atoms in total. The molecule has 1 saturated heterocycles. The third kappa shape index (κ3) is 4.85. The van der Waals surface area contributed by atoms with Crippen molar-refractivity contribution in [3.63, 3.8) is 0 Å². The predicted octanol–water partition coefficient (Wildman–Crippen LogP) is 3.44. The SMILES string of the molecule is COc1cc(F)c([C@@H]2CNC(=O)[C@H]2NC(=O)NC2(c3cccc(OC(F)(F)F)c3)CC2)c(F)c1. The van der Waals surface area contributed by atoms with Gasteiger partial charge in [-0.1, -0.05) is 12.1 Å². The number of carbonyl (C=O) groups excluding carboxylic acids is 2.